The summed E-state index contributed by atoms with van der Waals surface area (Å²) in [4.78, 5) is 22.7. The number of rotatable bonds is 7. The molecule has 0 unspecified atom stereocenters. The van der Waals surface area contributed by atoms with Crippen LogP contribution in [0.5, 0.6) is 0 Å². The number of aliphatic carboxylic acids is 1. The Hall–Kier alpha value is -1.10. The van der Waals surface area contributed by atoms with E-state index >= 15 is 0 Å². The minimum atomic E-state index is -1.09. The molecular weight excluding hydrogens is 222 g/mol. The van der Waals surface area contributed by atoms with Gasteiger partial charge in [-0.25, -0.2) is 0 Å². The summed E-state index contributed by atoms with van der Waals surface area (Å²) in [6.07, 6.45) is 1.13. The normalized spacial score (nSPS) is 12.3. The van der Waals surface area contributed by atoms with Crippen molar-refractivity contribution in [2.75, 3.05) is 6.61 Å². The maximum atomic E-state index is 11.8. The van der Waals surface area contributed by atoms with Gasteiger partial charge in [-0.3, -0.25) is 9.59 Å². The smallest absolute Gasteiger partial charge is 0.309 e. The molecule has 0 aromatic rings. The third-order valence-corrected chi connectivity index (χ3v) is 3.24. The number of carboxylic acid groups (broad SMARTS) is 1. The summed E-state index contributed by atoms with van der Waals surface area (Å²) >= 11 is 0. The Bertz CT molecular complexity index is 274. The highest BCUT2D eigenvalue weighted by Crippen LogP contribution is 2.22. The van der Waals surface area contributed by atoms with Gasteiger partial charge in [0.2, 0.25) is 5.91 Å². The van der Waals surface area contributed by atoms with Gasteiger partial charge < -0.3 is 15.5 Å². The third kappa shape index (κ3) is 4.34. The fourth-order valence-electron chi connectivity index (χ4n) is 1.51. The van der Waals surface area contributed by atoms with Gasteiger partial charge in [-0.1, -0.05) is 13.8 Å². The van der Waals surface area contributed by atoms with Crippen LogP contribution >= 0.6 is 0 Å². The molecule has 0 bridgehead atoms. The average molecular weight is 245 g/mol. The molecule has 0 aliphatic rings. The van der Waals surface area contributed by atoms with Crippen LogP contribution in [-0.2, 0) is 9.59 Å². The summed E-state index contributed by atoms with van der Waals surface area (Å²) in [5.74, 6) is -1.34. The summed E-state index contributed by atoms with van der Waals surface area (Å²) in [5, 5.41) is 21.0. The first-order chi connectivity index (χ1) is 7.73. The zero-order valence-electron chi connectivity index (χ0n) is 11.0. The summed E-state index contributed by atoms with van der Waals surface area (Å²) in [6, 6.07) is 0. The van der Waals surface area contributed by atoms with Crippen LogP contribution in [0.3, 0.4) is 0 Å². The Labute approximate surface area is 102 Å². The number of nitrogens with one attached hydrogen (secondary N) is 1. The van der Waals surface area contributed by atoms with Crippen molar-refractivity contribution in [2.24, 2.45) is 5.41 Å². The molecule has 0 heterocycles. The van der Waals surface area contributed by atoms with E-state index in [0.717, 1.165) is 0 Å². The Morgan fingerprint density at radius 2 is 1.65 bits per heavy atom. The van der Waals surface area contributed by atoms with Crippen LogP contribution in [0.1, 0.15) is 47.0 Å². The van der Waals surface area contributed by atoms with Crippen molar-refractivity contribution in [3.05, 3.63) is 0 Å². The minimum absolute atomic E-state index is 0.0932. The highest BCUT2D eigenvalue weighted by atomic mass is 16.4. The second-order valence-corrected chi connectivity index (χ2v) is 5.06. The Morgan fingerprint density at radius 3 is 1.94 bits per heavy atom. The number of carbonyl (C=O) groups is 2. The van der Waals surface area contributed by atoms with Crippen LogP contribution in [0, 0.1) is 5.41 Å². The monoisotopic (exact) mass is 245 g/mol. The molecule has 0 aliphatic heterocycles. The molecule has 3 N–H and O–H groups in total. The van der Waals surface area contributed by atoms with E-state index in [1.807, 2.05) is 13.8 Å². The second kappa shape index (κ2) is 6.00. The van der Waals surface area contributed by atoms with Crippen LogP contribution in [0.2, 0.25) is 0 Å². The SMILES string of the molecule is CCC(CC)(CO)NC(=O)CC(C)(C)C(=O)O. The number of aliphatic hydroxyl groups is 1. The van der Waals surface area contributed by atoms with E-state index in [1.54, 1.807) is 0 Å². The maximum Gasteiger partial charge on any atom is 0.309 e. The van der Waals surface area contributed by atoms with Crippen molar-refractivity contribution in [3.63, 3.8) is 0 Å². The van der Waals surface area contributed by atoms with Gasteiger partial charge in [-0.2, -0.15) is 0 Å². The lowest BCUT2D eigenvalue weighted by atomic mass is 9.87. The quantitative estimate of drug-likeness (QED) is 0.628. The van der Waals surface area contributed by atoms with Crippen LogP contribution in [-0.4, -0.2) is 34.2 Å². The van der Waals surface area contributed by atoms with Gasteiger partial charge >= 0.3 is 5.97 Å². The van der Waals surface area contributed by atoms with Gasteiger partial charge in [0.05, 0.1) is 17.6 Å². The van der Waals surface area contributed by atoms with Crippen molar-refractivity contribution < 1.29 is 19.8 Å². The molecule has 0 aliphatic carbocycles. The van der Waals surface area contributed by atoms with Crippen molar-refractivity contribution in [2.45, 2.75) is 52.5 Å². The lowest BCUT2D eigenvalue weighted by molar-refractivity contribution is -0.150. The van der Waals surface area contributed by atoms with E-state index in [9.17, 15) is 14.7 Å². The average Bonchev–Trinajstić information content (AvgIpc) is 2.25. The first kappa shape index (κ1) is 15.9. The van der Waals surface area contributed by atoms with Crippen LogP contribution < -0.4 is 5.32 Å². The minimum Gasteiger partial charge on any atom is -0.481 e. The van der Waals surface area contributed by atoms with Gasteiger partial charge in [0, 0.05) is 6.42 Å². The fourth-order valence-corrected chi connectivity index (χ4v) is 1.51. The predicted molar refractivity (Wildman–Crippen MR) is 64.6 cm³/mol. The molecule has 17 heavy (non-hydrogen) atoms. The highest BCUT2D eigenvalue weighted by molar-refractivity contribution is 5.84. The van der Waals surface area contributed by atoms with Gasteiger partial charge in [0.1, 0.15) is 0 Å². The largest absolute Gasteiger partial charge is 0.481 e. The van der Waals surface area contributed by atoms with Crippen LogP contribution in [0.4, 0.5) is 0 Å². The number of aliphatic hydroxyl groups excluding tert-OH is 1. The van der Waals surface area contributed by atoms with Crippen LogP contribution in [0.15, 0.2) is 0 Å². The molecule has 1 amide bonds. The number of hydrogen-bond donors (Lipinski definition) is 3. The van der Waals surface area contributed by atoms with Gasteiger partial charge in [-0.15, -0.1) is 0 Å². The zero-order chi connectivity index (χ0) is 13.7. The molecule has 0 radical (unpaired) electrons. The summed E-state index contributed by atoms with van der Waals surface area (Å²) in [5.41, 5.74) is -1.72. The topological polar surface area (TPSA) is 86.6 Å². The predicted octanol–water partition coefficient (Wildman–Crippen LogP) is 1.15. The Balaban J connectivity index is 4.60. The molecule has 100 valence electrons. The van der Waals surface area contributed by atoms with Crippen molar-refractivity contribution in [1.82, 2.24) is 5.32 Å². The number of hydrogen-bond acceptors (Lipinski definition) is 3. The molecule has 5 nitrogen and oxygen atoms in total. The second-order valence-electron chi connectivity index (χ2n) is 5.06. The van der Waals surface area contributed by atoms with Gasteiger partial charge in [0.15, 0.2) is 0 Å². The van der Waals surface area contributed by atoms with Crippen molar-refractivity contribution >= 4 is 11.9 Å². The molecule has 0 atom stereocenters. The number of amides is 1. The molecule has 5 heteroatoms. The summed E-state index contributed by atoms with van der Waals surface area (Å²) < 4.78 is 0. The molecule has 0 saturated heterocycles. The summed E-state index contributed by atoms with van der Waals surface area (Å²) in [7, 11) is 0. The Morgan fingerprint density at radius 1 is 1.18 bits per heavy atom. The lowest BCUT2D eigenvalue weighted by Crippen LogP contribution is -2.51. The van der Waals surface area contributed by atoms with Gasteiger partial charge in [0.25, 0.3) is 0 Å². The first-order valence-electron chi connectivity index (χ1n) is 5.88. The van der Waals surface area contributed by atoms with Crippen molar-refractivity contribution in [3.8, 4) is 0 Å². The number of carboxylic acids is 1. The molecule has 0 rings (SSSR count). The third-order valence-electron chi connectivity index (χ3n) is 3.24. The van der Waals surface area contributed by atoms with Gasteiger partial charge in [-0.05, 0) is 26.7 Å². The molecule has 0 spiro atoms. The highest BCUT2D eigenvalue weighted by Gasteiger charge is 2.33. The lowest BCUT2D eigenvalue weighted by Gasteiger charge is -2.32. The fraction of sp³-hybridized carbons (Fsp3) is 0.833. The zero-order valence-corrected chi connectivity index (χ0v) is 11.0. The summed E-state index contributed by atoms with van der Waals surface area (Å²) in [6.45, 7) is 6.63. The molecular formula is C12H23NO4. The van der Waals surface area contributed by atoms with E-state index in [-0.39, 0.29) is 18.9 Å². The van der Waals surface area contributed by atoms with E-state index in [1.165, 1.54) is 13.8 Å². The first-order valence-corrected chi connectivity index (χ1v) is 5.88. The van der Waals surface area contributed by atoms with Crippen LogP contribution in [0.25, 0.3) is 0 Å². The molecule has 0 aromatic carbocycles. The standard InChI is InChI=1S/C12H23NO4/c1-5-12(6-2,8-14)13-9(15)7-11(3,4)10(16)17/h14H,5-8H2,1-4H3,(H,13,15)(H,16,17). The molecule has 0 saturated carbocycles. The van der Waals surface area contributed by atoms with E-state index in [4.69, 9.17) is 5.11 Å². The molecule has 0 fully saturated rings. The van der Waals surface area contributed by atoms with E-state index in [0.29, 0.717) is 12.8 Å². The van der Waals surface area contributed by atoms with Crippen molar-refractivity contribution in [1.29, 1.82) is 0 Å². The van der Waals surface area contributed by atoms with E-state index in [2.05, 4.69) is 5.32 Å². The number of carbonyl (C=O) groups excluding carboxylic acids is 1. The molecule has 0 aromatic heterocycles. The van der Waals surface area contributed by atoms with E-state index < -0.39 is 16.9 Å². The maximum absolute atomic E-state index is 11.8. The Kier molecular flexibility index (Phi) is 5.61.